The van der Waals surface area contributed by atoms with Crippen LogP contribution >= 0.6 is 11.3 Å². The number of ether oxygens (including phenoxy) is 1. The average molecular weight is 415 g/mol. The first-order valence-corrected chi connectivity index (χ1v) is 10.8. The summed E-state index contributed by atoms with van der Waals surface area (Å²) < 4.78 is 33.0. The number of carbonyl (C=O) groups is 1. The summed E-state index contributed by atoms with van der Waals surface area (Å²) in [6.07, 6.45) is -0.526. The molecule has 3 aromatic rings. The summed E-state index contributed by atoms with van der Waals surface area (Å²) in [5.74, 6) is 0.498. The number of likely N-dealkylation sites (N-methyl/N-ethyl adjacent to an activating group) is 1. The van der Waals surface area contributed by atoms with Crippen molar-refractivity contribution in [3.05, 3.63) is 53.9 Å². The Morgan fingerprint density at radius 2 is 1.93 bits per heavy atom. The maximum atomic E-state index is 12.4. The van der Waals surface area contributed by atoms with Crippen LogP contribution in [-0.4, -0.2) is 32.5 Å². The smallest absolute Gasteiger partial charge is 0.267 e. The van der Waals surface area contributed by atoms with E-state index in [9.17, 15) is 13.2 Å². The summed E-state index contributed by atoms with van der Waals surface area (Å²) in [5, 5.41) is 2.03. The average Bonchev–Trinajstić information content (AvgIpc) is 3.14. The number of benzene rings is 2. The van der Waals surface area contributed by atoms with Gasteiger partial charge in [-0.2, -0.15) is 0 Å². The number of nitrogens with one attached hydrogen (secondary N) is 1. The first-order valence-electron chi connectivity index (χ1n) is 8.47. The van der Waals surface area contributed by atoms with Crippen LogP contribution in [0.1, 0.15) is 6.92 Å². The fraction of sp³-hybridized carbons (Fsp3) is 0.158. The number of carbonyl (C=O) groups excluding carboxylic acids is 1. The van der Waals surface area contributed by atoms with Crippen LogP contribution in [-0.2, 0) is 14.8 Å². The second-order valence-electron chi connectivity index (χ2n) is 6.30. The van der Waals surface area contributed by atoms with Crippen molar-refractivity contribution in [2.75, 3.05) is 16.7 Å². The van der Waals surface area contributed by atoms with Gasteiger partial charge in [0, 0.05) is 18.0 Å². The van der Waals surface area contributed by atoms with Gasteiger partial charge >= 0.3 is 0 Å². The van der Waals surface area contributed by atoms with Crippen LogP contribution in [0.3, 0.4) is 0 Å². The van der Waals surface area contributed by atoms with Crippen molar-refractivity contribution in [3.63, 3.8) is 0 Å². The van der Waals surface area contributed by atoms with Crippen LogP contribution in [0.25, 0.3) is 11.3 Å². The minimum atomic E-state index is -3.69. The van der Waals surface area contributed by atoms with E-state index < -0.39 is 16.1 Å². The minimum Gasteiger partial charge on any atom is -0.479 e. The lowest BCUT2D eigenvalue weighted by Crippen LogP contribution is -2.41. The zero-order valence-corrected chi connectivity index (χ0v) is 16.8. The molecular formula is C19H17N3O4S2. The molecule has 0 spiro atoms. The third kappa shape index (κ3) is 3.34. The molecule has 7 nitrogen and oxygen atoms in total. The maximum Gasteiger partial charge on any atom is 0.267 e. The lowest BCUT2D eigenvalue weighted by Gasteiger charge is -2.30. The highest BCUT2D eigenvalue weighted by molar-refractivity contribution is 7.93. The van der Waals surface area contributed by atoms with E-state index in [1.807, 2.05) is 12.1 Å². The van der Waals surface area contributed by atoms with Crippen molar-refractivity contribution in [1.29, 1.82) is 0 Å². The van der Waals surface area contributed by atoms with Crippen molar-refractivity contribution >= 4 is 38.1 Å². The summed E-state index contributed by atoms with van der Waals surface area (Å²) in [7, 11) is -1.99. The first kappa shape index (κ1) is 18.5. The number of thiazole rings is 1. The molecule has 1 atom stereocenters. The van der Waals surface area contributed by atoms with Crippen LogP contribution < -0.4 is 14.4 Å². The number of rotatable bonds is 4. The first-order chi connectivity index (χ1) is 13.3. The number of fused-ring (bicyclic) bond motifs is 1. The summed E-state index contributed by atoms with van der Waals surface area (Å²) in [5.41, 5.74) is 2.02. The maximum absolute atomic E-state index is 12.4. The van der Waals surface area contributed by atoms with Crippen LogP contribution in [0, 0.1) is 0 Å². The van der Waals surface area contributed by atoms with Gasteiger partial charge < -0.3 is 9.64 Å². The third-order valence-electron chi connectivity index (χ3n) is 4.38. The molecular weight excluding hydrogens is 398 g/mol. The number of sulfonamides is 1. The normalized spacial score (nSPS) is 16.4. The highest BCUT2D eigenvalue weighted by atomic mass is 32.2. The summed E-state index contributed by atoms with van der Waals surface area (Å²) in [6.45, 7) is 1.71. The Morgan fingerprint density at radius 3 is 2.68 bits per heavy atom. The van der Waals surface area contributed by atoms with Gasteiger partial charge in [0.15, 0.2) is 11.2 Å². The Morgan fingerprint density at radius 1 is 1.18 bits per heavy atom. The SMILES string of the molecule is CC1Oc2ccc(-c3csc(NS(=O)(=O)c4ccccc4)n3)cc2N(C)C1=O. The van der Waals surface area contributed by atoms with Gasteiger partial charge in [-0.3, -0.25) is 9.52 Å². The molecule has 0 radical (unpaired) electrons. The van der Waals surface area contributed by atoms with Gasteiger partial charge in [0.05, 0.1) is 16.3 Å². The number of anilines is 2. The Bertz CT molecular complexity index is 1140. The Kier molecular flexibility index (Phi) is 4.56. The van der Waals surface area contributed by atoms with Gasteiger partial charge in [-0.25, -0.2) is 13.4 Å². The van der Waals surface area contributed by atoms with E-state index in [4.69, 9.17) is 4.74 Å². The highest BCUT2D eigenvalue weighted by Crippen LogP contribution is 2.37. The van der Waals surface area contributed by atoms with Crippen LogP contribution in [0.4, 0.5) is 10.8 Å². The zero-order chi connectivity index (χ0) is 19.9. The van der Waals surface area contributed by atoms with Crippen LogP contribution in [0.2, 0.25) is 0 Å². The zero-order valence-electron chi connectivity index (χ0n) is 15.1. The van der Waals surface area contributed by atoms with E-state index >= 15 is 0 Å². The number of hydrogen-bond donors (Lipinski definition) is 1. The summed E-state index contributed by atoms with van der Waals surface area (Å²) in [4.78, 5) is 18.3. The Hall–Kier alpha value is -2.91. The monoisotopic (exact) mass is 415 g/mol. The Labute approximate surface area is 166 Å². The highest BCUT2D eigenvalue weighted by Gasteiger charge is 2.29. The molecule has 1 N–H and O–H groups in total. The van der Waals surface area contributed by atoms with Gasteiger partial charge in [-0.15, -0.1) is 11.3 Å². The molecule has 1 aliphatic heterocycles. The quantitative estimate of drug-likeness (QED) is 0.706. The minimum absolute atomic E-state index is 0.126. The van der Waals surface area contributed by atoms with E-state index in [0.29, 0.717) is 17.1 Å². The molecule has 4 rings (SSSR count). The van der Waals surface area contributed by atoms with Gasteiger partial charge in [-0.1, -0.05) is 18.2 Å². The molecule has 144 valence electrons. The molecule has 0 saturated heterocycles. The van der Waals surface area contributed by atoms with E-state index in [1.54, 1.807) is 48.5 Å². The number of nitrogens with zero attached hydrogens (tertiary/aromatic N) is 2. The number of amides is 1. The molecule has 1 aromatic heterocycles. The Balaban J connectivity index is 1.61. The molecule has 0 saturated carbocycles. The molecule has 2 aromatic carbocycles. The molecule has 0 bridgehead atoms. The molecule has 1 amide bonds. The second kappa shape index (κ2) is 6.92. The predicted octanol–water partition coefficient (Wildman–Crippen LogP) is 3.35. The number of aromatic nitrogens is 1. The topological polar surface area (TPSA) is 88.6 Å². The molecule has 2 heterocycles. The van der Waals surface area contributed by atoms with Crippen molar-refractivity contribution in [1.82, 2.24) is 4.98 Å². The second-order valence-corrected chi connectivity index (χ2v) is 8.84. The molecule has 1 aliphatic rings. The van der Waals surface area contributed by atoms with Crippen LogP contribution in [0.15, 0.2) is 58.8 Å². The molecule has 9 heteroatoms. The van der Waals surface area contributed by atoms with Gasteiger partial charge in [0.25, 0.3) is 15.9 Å². The van der Waals surface area contributed by atoms with Crippen LogP contribution in [0.5, 0.6) is 5.75 Å². The molecule has 1 unspecified atom stereocenters. The van der Waals surface area contributed by atoms with Crippen molar-refractivity contribution in [3.8, 4) is 17.0 Å². The molecule has 0 fully saturated rings. The molecule has 0 aliphatic carbocycles. The molecule has 28 heavy (non-hydrogen) atoms. The fourth-order valence-corrected chi connectivity index (χ4v) is 4.89. The van der Waals surface area contributed by atoms with E-state index in [-0.39, 0.29) is 15.9 Å². The lowest BCUT2D eigenvalue weighted by molar-refractivity contribution is -0.125. The lowest BCUT2D eigenvalue weighted by atomic mass is 10.1. The van der Waals surface area contributed by atoms with Crippen molar-refractivity contribution < 1.29 is 17.9 Å². The number of hydrogen-bond acceptors (Lipinski definition) is 6. The fourth-order valence-electron chi connectivity index (χ4n) is 2.90. The van der Waals surface area contributed by atoms with E-state index in [2.05, 4.69) is 9.71 Å². The standard InChI is InChI=1S/C19H17N3O4S2/c1-12-18(23)22(2)16-10-13(8-9-17(16)26-12)15-11-27-19(20-15)21-28(24,25)14-6-4-3-5-7-14/h3-12H,1-2H3,(H,20,21). The van der Waals surface area contributed by atoms with Crippen molar-refractivity contribution in [2.45, 2.75) is 17.9 Å². The van der Waals surface area contributed by atoms with E-state index in [0.717, 1.165) is 5.56 Å². The van der Waals surface area contributed by atoms with Gasteiger partial charge in [0.2, 0.25) is 0 Å². The summed E-state index contributed by atoms with van der Waals surface area (Å²) >= 11 is 1.19. The predicted molar refractivity (Wildman–Crippen MR) is 108 cm³/mol. The van der Waals surface area contributed by atoms with E-state index in [1.165, 1.54) is 23.5 Å². The van der Waals surface area contributed by atoms with Gasteiger partial charge in [-0.05, 0) is 37.3 Å². The largest absolute Gasteiger partial charge is 0.479 e. The van der Waals surface area contributed by atoms with Crippen molar-refractivity contribution in [2.24, 2.45) is 0 Å². The third-order valence-corrected chi connectivity index (χ3v) is 6.62. The van der Waals surface area contributed by atoms with Gasteiger partial charge in [0.1, 0.15) is 5.75 Å². The summed E-state index contributed by atoms with van der Waals surface area (Å²) in [6, 6.07) is 13.6.